The summed E-state index contributed by atoms with van der Waals surface area (Å²) < 4.78 is 1.17. The molecule has 0 saturated carbocycles. The van der Waals surface area contributed by atoms with Crippen molar-refractivity contribution in [3.8, 4) is 0 Å². The normalized spacial score (nSPS) is 14.2. The molecule has 1 amide bonds. The molecule has 7 heteroatoms. The molecule has 1 heterocycles. The molecule has 3 N–H and O–H groups in total. The number of aliphatic hydroxyl groups excluding tert-OH is 2. The fourth-order valence-electron chi connectivity index (χ4n) is 1.26. The third-order valence-electron chi connectivity index (χ3n) is 2.11. The molecule has 0 aromatic carbocycles. The molecule has 2 atom stereocenters. The Labute approximate surface area is 116 Å². The lowest BCUT2D eigenvalue weighted by atomic mass is 10.1. The molecule has 1 aromatic heterocycles. The van der Waals surface area contributed by atoms with Crippen molar-refractivity contribution in [1.29, 1.82) is 0 Å². The number of aromatic nitrogens is 1. The van der Waals surface area contributed by atoms with Crippen molar-refractivity contribution in [2.75, 3.05) is 6.54 Å². The number of halogens is 2. The second kappa shape index (κ2) is 6.44. The topological polar surface area (TPSA) is 82.5 Å². The number of nitrogens with one attached hydrogen (secondary N) is 1. The Morgan fingerprint density at radius 1 is 1.41 bits per heavy atom. The third-order valence-corrected chi connectivity index (χ3v) is 3.37. The number of pyridine rings is 1. The van der Waals surface area contributed by atoms with Crippen molar-refractivity contribution >= 4 is 37.8 Å². The molecule has 0 radical (unpaired) electrons. The number of carbonyl (C=O) groups excluding carboxylic acids is 1. The fraction of sp³-hybridized carbons (Fsp3) is 0.400. The van der Waals surface area contributed by atoms with E-state index in [1.807, 2.05) is 0 Å². The first-order chi connectivity index (χ1) is 7.93. The van der Waals surface area contributed by atoms with Crippen LogP contribution in [0.15, 0.2) is 21.3 Å². The Balaban J connectivity index is 2.81. The molecule has 0 aliphatic carbocycles. The van der Waals surface area contributed by atoms with Crippen molar-refractivity contribution < 1.29 is 15.0 Å². The molecule has 0 aliphatic rings. The minimum Gasteiger partial charge on any atom is -0.388 e. The van der Waals surface area contributed by atoms with Gasteiger partial charge in [-0.15, -0.1) is 0 Å². The van der Waals surface area contributed by atoms with Crippen molar-refractivity contribution in [2.24, 2.45) is 0 Å². The van der Waals surface area contributed by atoms with Crippen LogP contribution in [0, 0.1) is 0 Å². The largest absolute Gasteiger partial charge is 0.388 e. The zero-order valence-corrected chi connectivity index (χ0v) is 12.2. The molecule has 1 aromatic rings. The maximum atomic E-state index is 10.7. The van der Waals surface area contributed by atoms with Crippen molar-refractivity contribution in [3.05, 3.63) is 26.9 Å². The molecular weight excluding hydrogens is 356 g/mol. The van der Waals surface area contributed by atoms with E-state index in [4.69, 9.17) is 0 Å². The van der Waals surface area contributed by atoms with Crippen LogP contribution in [0.5, 0.6) is 0 Å². The van der Waals surface area contributed by atoms with Crippen LogP contribution in [0.4, 0.5) is 0 Å². The van der Waals surface area contributed by atoms with Gasteiger partial charge in [-0.25, -0.2) is 0 Å². The molecule has 1 rings (SSSR count). The monoisotopic (exact) mass is 366 g/mol. The summed E-state index contributed by atoms with van der Waals surface area (Å²) in [5, 5.41) is 22.2. The van der Waals surface area contributed by atoms with Gasteiger partial charge in [-0.05, 0) is 31.9 Å². The summed E-state index contributed by atoms with van der Waals surface area (Å²) >= 11 is 6.49. The minimum atomic E-state index is -1.12. The summed E-state index contributed by atoms with van der Waals surface area (Å²) in [5.41, 5.74) is 0.498. The Morgan fingerprint density at radius 2 is 1.94 bits per heavy atom. The first-order valence-electron chi connectivity index (χ1n) is 4.83. The van der Waals surface area contributed by atoms with Gasteiger partial charge in [-0.2, -0.15) is 0 Å². The summed E-state index contributed by atoms with van der Waals surface area (Å²) in [7, 11) is 0. The third kappa shape index (κ3) is 4.02. The SMILES string of the molecule is CC(=O)NCC(O)C(O)c1c(Br)cncc1Br. The number of hydrogen-bond acceptors (Lipinski definition) is 4. The van der Waals surface area contributed by atoms with Gasteiger partial charge in [-0.3, -0.25) is 9.78 Å². The van der Waals surface area contributed by atoms with Crippen LogP contribution >= 0.6 is 31.9 Å². The van der Waals surface area contributed by atoms with Gasteiger partial charge >= 0.3 is 0 Å². The minimum absolute atomic E-state index is 0.0162. The molecule has 0 aliphatic heterocycles. The molecule has 0 fully saturated rings. The predicted octanol–water partition coefficient (Wildman–Crippen LogP) is 1.14. The van der Waals surface area contributed by atoms with Gasteiger partial charge in [0, 0.05) is 40.4 Å². The van der Waals surface area contributed by atoms with Gasteiger partial charge in [-0.1, -0.05) is 0 Å². The van der Waals surface area contributed by atoms with Crippen molar-refractivity contribution in [3.63, 3.8) is 0 Å². The van der Waals surface area contributed by atoms with Crippen LogP contribution in [-0.2, 0) is 4.79 Å². The highest BCUT2D eigenvalue weighted by molar-refractivity contribution is 9.11. The Kier molecular flexibility index (Phi) is 5.51. The van der Waals surface area contributed by atoms with Gasteiger partial charge in [0.05, 0.1) is 0 Å². The predicted molar refractivity (Wildman–Crippen MR) is 69.3 cm³/mol. The lowest BCUT2D eigenvalue weighted by Crippen LogP contribution is -2.34. The van der Waals surface area contributed by atoms with Crippen LogP contribution in [0.2, 0.25) is 0 Å². The summed E-state index contributed by atoms with van der Waals surface area (Å²) in [4.78, 5) is 14.6. The summed E-state index contributed by atoms with van der Waals surface area (Å²) in [6.07, 6.45) is 0.838. The van der Waals surface area contributed by atoms with Gasteiger partial charge in [0.2, 0.25) is 5.91 Å². The van der Waals surface area contributed by atoms with Crippen LogP contribution in [0.25, 0.3) is 0 Å². The standard InChI is InChI=1S/C10H12Br2N2O3/c1-5(15)14-4-8(16)10(17)9-6(11)2-13-3-7(9)12/h2-3,8,10,16-17H,4H2,1H3,(H,14,15). The maximum Gasteiger partial charge on any atom is 0.216 e. The smallest absolute Gasteiger partial charge is 0.216 e. The average Bonchev–Trinajstić information content (AvgIpc) is 2.25. The molecule has 0 spiro atoms. The number of carbonyl (C=O) groups is 1. The fourth-order valence-corrected chi connectivity index (χ4v) is 2.65. The lowest BCUT2D eigenvalue weighted by Gasteiger charge is -2.20. The van der Waals surface area contributed by atoms with E-state index in [-0.39, 0.29) is 12.5 Å². The van der Waals surface area contributed by atoms with Crippen LogP contribution in [0.3, 0.4) is 0 Å². The Hall–Kier alpha value is -0.500. The zero-order valence-electron chi connectivity index (χ0n) is 9.02. The summed E-state index contributed by atoms with van der Waals surface area (Å²) in [6.45, 7) is 1.33. The highest BCUT2D eigenvalue weighted by atomic mass is 79.9. The number of rotatable bonds is 4. The van der Waals surface area contributed by atoms with Gasteiger partial charge in [0.15, 0.2) is 0 Å². The van der Waals surface area contributed by atoms with Crippen LogP contribution in [0.1, 0.15) is 18.6 Å². The summed E-state index contributed by atoms with van der Waals surface area (Å²) in [5.74, 6) is -0.260. The first-order valence-corrected chi connectivity index (χ1v) is 6.41. The Morgan fingerprint density at radius 3 is 2.41 bits per heavy atom. The molecule has 5 nitrogen and oxygen atoms in total. The van der Waals surface area contributed by atoms with E-state index in [0.29, 0.717) is 14.5 Å². The molecule has 17 heavy (non-hydrogen) atoms. The number of amides is 1. The molecular formula is C10H12Br2N2O3. The van der Waals surface area contributed by atoms with Crippen LogP contribution < -0.4 is 5.32 Å². The average molecular weight is 368 g/mol. The van der Waals surface area contributed by atoms with Gasteiger partial charge < -0.3 is 15.5 Å². The van der Waals surface area contributed by atoms with E-state index in [0.717, 1.165) is 0 Å². The number of aliphatic hydroxyl groups is 2. The van der Waals surface area contributed by atoms with E-state index in [2.05, 4.69) is 42.2 Å². The van der Waals surface area contributed by atoms with Crippen molar-refractivity contribution in [1.82, 2.24) is 10.3 Å². The first kappa shape index (κ1) is 14.6. The highest BCUT2D eigenvalue weighted by Crippen LogP contribution is 2.31. The van der Waals surface area contributed by atoms with E-state index < -0.39 is 12.2 Å². The second-order valence-corrected chi connectivity index (χ2v) is 5.17. The van der Waals surface area contributed by atoms with Gasteiger partial charge in [0.25, 0.3) is 0 Å². The highest BCUT2D eigenvalue weighted by Gasteiger charge is 2.23. The lowest BCUT2D eigenvalue weighted by molar-refractivity contribution is -0.119. The number of hydrogen-bond donors (Lipinski definition) is 3. The molecule has 0 bridgehead atoms. The van der Waals surface area contributed by atoms with E-state index in [1.54, 1.807) is 0 Å². The Bertz CT molecular complexity index is 394. The summed E-state index contributed by atoms with van der Waals surface area (Å²) in [6, 6.07) is 0. The van der Waals surface area contributed by atoms with Crippen molar-refractivity contribution in [2.45, 2.75) is 19.1 Å². The van der Waals surface area contributed by atoms with E-state index in [9.17, 15) is 15.0 Å². The molecule has 94 valence electrons. The van der Waals surface area contributed by atoms with Gasteiger partial charge in [0.1, 0.15) is 12.2 Å². The molecule has 2 unspecified atom stereocenters. The second-order valence-electron chi connectivity index (χ2n) is 3.47. The number of nitrogens with zero attached hydrogens (tertiary/aromatic N) is 1. The zero-order chi connectivity index (χ0) is 13.0. The van der Waals surface area contributed by atoms with E-state index in [1.165, 1.54) is 19.3 Å². The van der Waals surface area contributed by atoms with Crippen LogP contribution in [-0.4, -0.2) is 33.8 Å². The maximum absolute atomic E-state index is 10.7. The molecule has 0 saturated heterocycles. The van der Waals surface area contributed by atoms with E-state index >= 15 is 0 Å². The quantitative estimate of drug-likeness (QED) is 0.745.